The highest BCUT2D eigenvalue weighted by Crippen LogP contribution is 2.36. The summed E-state index contributed by atoms with van der Waals surface area (Å²) in [7, 11) is 0. The summed E-state index contributed by atoms with van der Waals surface area (Å²) in [6, 6.07) is 7.44. The number of rotatable bonds is 2. The molecule has 0 atom stereocenters. The van der Waals surface area contributed by atoms with Gasteiger partial charge in [-0.3, -0.25) is 9.59 Å². The van der Waals surface area contributed by atoms with Crippen molar-refractivity contribution in [2.45, 2.75) is 0 Å². The van der Waals surface area contributed by atoms with Crippen LogP contribution in [0.4, 0.5) is 10.1 Å². The Kier molecular flexibility index (Phi) is 2.91. The molecule has 7 heteroatoms. The van der Waals surface area contributed by atoms with Crippen LogP contribution in [-0.2, 0) is 0 Å². The third-order valence-corrected chi connectivity index (χ3v) is 3.33. The first-order valence-corrected chi connectivity index (χ1v) is 6.15. The Bertz CT molecular complexity index is 811. The van der Waals surface area contributed by atoms with Gasteiger partial charge in [0.25, 0.3) is 11.8 Å². The first kappa shape index (κ1) is 13.7. The second-order valence-corrected chi connectivity index (χ2v) is 4.62. The molecule has 0 saturated heterocycles. The van der Waals surface area contributed by atoms with Gasteiger partial charge in [-0.25, -0.2) is 14.1 Å². The summed E-state index contributed by atoms with van der Waals surface area (Å²) in [6.07, 6.45) is 0. The average Bonchev–Trinajstić information content (AvgIpc) is 2.74. The van der Waals surface area contributed by atoms with Crippen molar-refractivity contribution in [3.05, 3.63) is 58.9 Å². The number of carboxylic acid groups (broad SMARTS) is 1. The molecule has 0 aliphatic carbocycles. The van der Waals surface area contributed by atoms with Crippen molar-refractivity contribution >= 4 is 23.5 Å². The Morgan fingerprint density at radius 1 is 1.05 bits per heavy atom. The lowest BCUT2D eigenvalue weighted by molar-refractivity contribution is 0.0695. The number of amides is 2. The van der Waals surface area contributed by atoms with E-state index >= 15 is 0 Å². The van der Waals surface area contributed by atoms with E-state index in [0.717, 1.165) is 6.07 Å². The summed E-state index contributed by atoms with van der Waals surface area (Å²) >= 11 is 0. The van der Waals surface area contributed by atoms with E-state index in [2.05, 4.69) is 0 Å². The quantitative estimate of drug-likeness (QED) is 0.828. The first-order chi connectivity index (χ1) is 10.4. The van der Waals surface area contributed by atoms with Crippen molar-refractivity contribution in [3.8, 4) is 5.75 Å². The smallest absolute Gasteiger partial charge is 0.335 e. The molecule has 0 spiro atoms. The summed E-state index contributed by atoms with van der Waals surface area (Å²) < 4.78 is 13.7. The van der Waals surface area contributed by atoms with Crippen LogP contribution in [0.1, 0.15) is 31.1 Å². The molecule has 0 bridgehead atoms. The highest BCUT2D eigenvalue weighted by molar-refractivity contribution is 6.34. The van der Waals surface area contributed by atoms with Crippen LogP contribution in [0.2, 0.25) is 0 Å². The van der Waals surface area contributed by atoms with Gasteiger partial charge in [-0.2, -0.15) is 0 Å². The molecular formula is C15H8FNO5. The number of fused-ring (bicyclic) bond motifs is 1. The van der Waals surface area contributed by atoms with Gasteiger partial charge in [0.1, 0.15) is 0 Å². The molecule has 0 radical (unpaired) electrons. The van der Waals surface area contributed by atoms with Gasteiger partial charge in [-0.05, 0) is 24.3 Å². The Balaban J connectivity index is 2.20. The van der Waals surface area contributed by atoms with Gasteiger partial charge in [-0.15, -0.1) is 0 Å². The average molecular weight is 301 g/mol. The minimum absolute atomic E-state index is 0.105. The summed E-state index contributed by atoms with van der Waals surface area (Å²) in [6.45, 7) is 0. The van der Waals surface area contributed by atoms with Crippen molar-refractivity contribution in [1.29, 1.82) is 0 Å². The van der Waals surface area contributed by atoms with Gasteiger partial charge in [-0.1, -0.05) is 12.1 Å². The number of halogens is 1. The van der Waals surface area contributed by atoms with Crippen LogP contribution in [0.25, 0.3) is 0 Å². The van der Waals surface area contributed by atoms with Crippen LogP contribution in [0.15, 0.2) is 36.4 Å². The molecule has 2 N–H and O–H groups in total. The predicted molar refractivity (Wildman–Crippen MR) is 72.6 cm³/mol. The number of hydrogen-bond acceptors (Lipinski definition) is 4. The summed E-state index contributed by atoms with van der Waals surface area (Å²) in [5.74, 6) is -5.14. The van der Waals surface area contributed by atoms with Crippen molar-refractivity contribution in [2.24, 2.45) is 0 Å². The zero-order valence-electron chi connectivity index (χ0n) is 10.9. The number of aromatic hydroxyl groups is 1. The number of anilines is 1. The molecule has 0 fully saturated rings. The number of carboxylic acids is 1. The summed E-state index contributed by atoms with van der Waals surface area (Å²) in [5.41, 5.74) is -0.772. The van der Waals surface area contributed by atoms with Gasteiger partial charge < -0.3 is 10.2 Å². The maximum atomic E-state index is 13.7. The Hall–Kier alpha value is -3.22. The molecule has 3 rings (SSSR count). The largest absolute Gasteiger partial charge is 0.503 e. The van der Waals surface area contributed by atoms with Gasteiger partial charge in [0, 0.05) is 0 Å². The number of carbonyl (C=O) groups is 3. The van der Waals surface area contributed by atoms with E-state index in [0.29, 0.717) is 11.0 Å². The Morgan fingerprint density at radius 3 is 2.09 bits per heavy atom. The molecule has 2 aromatic rings. The number of phenols is 1. The third kappa shape index (κ3) is 1.83. The number of imide groups is 1. The number of phenolic OH excluding ortho intramolecular Hbond substituents is 1. The molecule has 6 nitrogen and oxygen atoms in total. The van der Waals surface area contributed by atoms with Crippen LogP contribution in [0.3, 0.4) is 0 Å². The van der Waals surface area contributed by atoms with Crippen molar-refractivity contribution < 1.29 is 29.0 Å². The minimum atomic E-state index is -1.45. The molecule has 0 unspecified atom stereocenters. The fraction of sp³-hybridized carbons (Fsp3) is 0. The van der Waals surface area contributed by atoms with E-state index in [9.17, 15) is 23.9 Å². The van der Waals surface area contributed by atoms with Crippen LogP contribution < -0.4 is 4.90 Å². The molecule has 0 aromatic heterocycles. The molecule has 2 amide bonds. The maximum absolute atomic E-state index is 13.7. The zero-order chi connectivity index (χ0) is 16.0. The van der Waals surface area contributed by atoms with Crippen LogP contribution >= 0.6 is 0 Å². The lowest BCUT2D eigenvalue weighted by atomic mass is 10.1. The molecular weight excluding hydrogens is 293 g/mol. The normalized spacial score (nSPS) is 13.4. The maximum Gasteiger partial charge on any atom is 0.335 e. The van der Waals surface area contributed by atoms with Crippen LogP contribution in [-0.4, -0.2) is 28.0 Å². The number of benzene rings is 2. The lowest BCUT2D eigenvalue weighted by Gasteiger charge is -2.16. The highest BCUT2D eigenvalue weighted by atomic mass is 19.1. The van der Waals surface area contributed by atoms with Gasteiger partial charge >= 0.3 is 5.97 Å². The van der Waals surface area contributed by atoms with E-state index in [1.807, 2.05) is 0 Å². The molecule has 0 saturated carbocycles. The molecule has 1 heterocycles. The van der Waals surface area contributed by atoms with Gasteiger partial charge in [0.15, 0.2) is 11.6 Å². The van der Waals surface area contributed by atoms with Crippen molar-refractivity contribution in [2.75, 3.05) is 4.90 Å². The number of aromatic carboxylic acids is 1. The third-order valence-electron chi connectivity index (χ3n) is 3.33. The number of hydrogen-bond donors (Lipinski definition) is 2. The molecule has 1 aliphatic rings. The van der Waals surface area contributed by atoms with E-state index in [1.54, 1.807) is 12.1 Å². The van der Waals surface area contributed by atoms with Crippen LogP contribution in [0, 0.1) is 5.82 Å². The zero-order valence-corrected chi connectivity index (χ0v) is 10.9. The van der Waals surface area contributed by atoms with E-state index in [-0.39, 0.29) is 11.1 Å². The summed E-state index contributed by atoms with van der Waals surface area (Å²) in [5, 5.41) is 18.7. The second kappa shape index (κ2) is 4.66. The van der Waals surface area contributed by atoms with E-state index in [1.165, 1.54) is 12.1 Å². The van der Waals surface area contributed by atoms with E-state index in [4.69, 9.17) is 5.11 Å². The number of nitrogens with zero attached hydrogens (tertiary/aromatic N) is 1. The van der Waals surface area contributed by atoms with Crippen LogP contribution in [0.5, 0.6) is 5.75 Å². The van der Waals surface area contributed by atoms with E-state index < -0.39 is 40.6 Å². The predicted octanol–water partition coefficient (Wildman–Crippen LogP) is 2.03. The fourth-order valence-electron chi connectivity index (χ4n) is 2.29. The molecule has 2 aromatic carbocycles. The molecule has 1 aliphatic heterocycles. The van der Waals surface area contributed by atoms with Crippen molar-refractivity contribution in [1.82, 2.24) is 0 Å². The standard InChI is InChI=1S/C15H8FNO5/c16-10-5-7(15(21)22)6-11(12(10)18)17-13(19)8-3-1-2-4-9(8)14(17)20/h1-6,18H,(H,21,22). The molecule has 22 heavy (non-hydrogen) atoms. The first-order valence-electron chi connectivity index (χ1n) is 6.15. The van der Waals surface area contributed by atoms with Gasteiger partial charge in [0.2, 0.25) is 0 Å². The molecule has 110 valence electrons. The van der Waals surface area contributed by atoms with Gasteiger partial charge in [0.05, 0.1) is 22.4 Å². The SMILES string of the molecule is O=C(O)c1cc(F)c(O)c(N2C(=O)c3ccccc3C2=O)c1. The Morgan fingerprint density at radius 2 is 1.59 bits per heavy atom. The number of carbonyl (C=O) groups excluding carboxylic acids is 2. The topological polar surface area (TPSA) is 94.9 Å². The monoisotopic (exact) mass is 301 g/mol. The lowest BCUT2D eigenvalue weighted by Crippen LogP contribution is -2.29. The second-order valence-electron chi connectivity index (χ2n) is 4.62. The highest BCUT2D eigenvalue weighted by Gasteiger charge is 2.38. The summed E-state index contributed by atoms with van der Waals surface area (Å²) in [4.78, 5) is 36.1. The Labute approximate surface area is 123 Å². The van der Waals surface area contributed by atoms with Crippen molar-refractivity contribution in [3.63, 3.8) is 0 Å². The minimum Gasteiger partial charge on any atom is -0.503 e. The fourth-order valence-corrected chi connectivity index (χ4v) is 2.29.